The fraction of sp³-hybridized carbons (Fsp3) is 0.231. The summed E-state index contributed by atoms with van der Waals surface area (Å²) in [5.41, 5.74) is 1.90. The molecule has 0 unspecified atom stereocenters. The lowest BCUT2D eigenvalue weighted by Gasteiger charge is -2.24. The Labute approximate surface area is 165 Å². The molecule has 1 aliphatic carbocycles. The van der Waals surface area contributed by atoms with Gasteiger partial charge in [-0.3, -0.25) is 0 Å². The second-order valence-electron chi connectivity index (χ2n) is 7.72. The van der Waals surface area contributed by atoms with Crippen molar-refractivity contribution in [3.8, 4) is 22.6 Å². The summed E-state index contributed by atoms with van der Waals surface area (Å²) in [5, 5.41) is 15.8. The second-order valence-corrected chi connectivity index (χ2v) is 7.72. The fourth-order valence-electron chi connectivity index (χ4n) is 4.48. The molecule has 1 aliphatic rings. The first-order valence-corrected chi connectivity index (χ1v) is 10.2. The quantitative estimate of drug-likeness (QED) is 0.419. The van der Waals surface area contributed by atoms with E-state index < -0.39 is 0 Å². The summed E-state index contributed by atoms with van der Waals surface area (Å²) >= 11 is 0. The maximum Gasteiger partial charge on any atom is 0.166 e. The number of fused-ring (bicyclic) bond motifs is 2. The second kappa shape index (κ2) is 7.20. The molecule has 0 atom stereocenters. The van der Waals surface area contributed by atoms with Crippen LogP contribution in [-0.2, 0) is 0 Å². The van der Waals surface area contributed by atoms with Crippen LogP contribution < -0.4 is 4.74 Å². The van der Waals surface area contributed by atoms with Gasteiger partial charge in [0.2, 0.25) is 0 Å². The smallest absolute Gasteiger partial charge is 0.166 e. The Bertz CT molecular complexity index is 1130. The maximum atomic E-state index is 11.3. The van der Waals surface area contributed by atoms with Gasteiger partial charge in [-0.1, -0.05) is 73.2 Å². The molecule has 1 fully saturated rings. The first-order valence-electron chi connectivity index (χ1n) is 10.2. The third-order valence-electron chi connectivity index (χ3n) is 5.89. The molecule has 5 rings (SSSR count). The number of benzene rings is 4. The summed E-state index contributed by atoms with van der Waals surface area (Å²) in [5.74, 6) is 0.856. The van der Waals surface area contributed by atoms with Crippen LogP contribution in [-0.4, -0.2) is 11.2 Å². The first kappa shape index (κ1) is 17.1. The molecule has 1 saturated carbocycles. The van der Waals surface area contributed by atoms with Crippen molar-refractivity contribution in [2.75, 3.05) is 0 Å². The fourth-order valence-corrected chi connectivity index (χ4v) is 4.48. The van der Waals surface area contributed by atoms with Crippen LogP contribution in [0.4, 0.5) is 0 Å². The van der Waals surface area contributed by atoms with Gasteiger partial charge >= 0.3 is 0 Å². The first-order chi connectivity index (χ1) is 13.8. The van der Waals surface area contributed by atoms with Gasteiger partial charge in [0.25, 0.3) is 0 Å². The van der Waals surface area contributed by atoms with E-state index in [2.05, 4.69) is 42.5 Å². The van der Waals surface area contributed by atoms with Gasteiger partial charge in [-0.2, -0.15) is 0 Å². The topological polar surface area (TPSA) is 29.5 Å². The monoisotopic (exact) mass is 368 g/mol. The van der Waals surface area contributed by atoms with E-state index in [0.717, 1.165) is 40.1 Å². The maximum absolute atomic E-state index is 11.3. The lowest BCUT2D eigenvalue weighted by Crippen LogP contribution is -2.19. The van der Waals surface area contributed by atoms with Crippen molar-refractivity contribution in [1.82, 2.24) is 0 Å². The van der Waals surface area contributed by atoms with Crippen LogP contribution in [0, 0.1) is 0 Å². The molecule has 0 aromatic heterocycles. The van der Waals surface area contributed by atoms with E-state index in [0.29, 0.717) is 5.75 Å². The highest BCUT2D eigenvalue weighted by molar-refractivity contribution is 6.08. The van der Waals surface area contributed by atoms with Crippen molar-refractivity contribution in [3.05, 3.63) is 72.8 Å². The molecule has 0 heterocycles. The molecule has 28 heavy (non-hydrogen) atoms. The average Bonchev–Trinajstić information content (AvgIpc) is 2.75. The van der Waals surface area contributed by atoms with Crippen LogP contribution >= 0.6 is 0 Å². The summed E-state index contributed by atoms with van der Waals surface area (Å²) < 4.78 is 6.32. The molecule has 140 valence electrons. The normalized spacial score (nSPS) is 15.1. The predicted octanol–water partition coefficient (Wildman–Crippen LogP) is 7.08. The highest BCUT2D eigenvalue weighted by Gasteiger charge is 2.21. The van der Waals surface area contributed by atoms with E-state index in [9.17, 15) is 5.11 Å². The highest BCUT2D eigenvalue weighted by Crippen LogP contribution is 2.46. The molecule has 2 nitrogen and oxygen atoms in total. The number of hydrogen-bond acceptors (Lipinski definition) is 2. The van der Waals surface area contributed by atoms with Gasteiger partial charge < -0.3 is 9.84 Å². The predicted molar refractivity (Wildman–Crippen MR) is 116 cm³/mol. The summed E-state index contributed by atoms with van der Waals surface area (Å²) in [6.45, 7) is 0. The molecule has 0 amide bonds. The third kappa shape index (κ3) is 2.99. The zero-order chi connectivity index (χ0) is 18.9. The molecule has 0 spiro atoms. The van der Waals surface area contributed by atoms with Crippen LogP contribution in [0.2, 0.25) is 0 Å². The lowest BCUT2D eigenvalue weighted by molar-refractivity contribution is 0.150. The Morgan fingerprint density at radius 1 is 0.714 bits per heavy atom. The minimum absolute atomic E-state index is 0.196. The third-order valence-corrected chi connectivity index (χ3v) is 5.89. The van der Waals surface area contributed by atoms with Crippen molar-refractivity contribution < 1.29 is 9.84 Å². The molecule has 0 saturated heterocycles. The molecular weight excluding hydrogens is 344 g/mol. The Morgan fingerprint density at radius 2 is 1.39 bits per heavy atom. The minimum atomic E-state index is 0.196. The Hall–Kier alpha value is -3.00. The van der Waals surface area contributed by atoms with E-state index in [1.54, 1.807) is 0 Å². The van der Waals surface area contributed by atoms with Crippen molar-refractivity contribution >= 4 is 21.5 Å². The number of aromatic hydroxyl groups is 1. The van der Waals surface area contributed by atoms with Gasteiger partial charge in [0, 0.05) is 5.56 Å². The average molecular weight is 368 g/mol. The van der Waals surface area contributed by atoms with Gasteiger partial charge in [-0.05, 0) is 58.9 Å². The molecule has 1 N–H and O–H groups in total. The van der Waals surface area contributed by atoms with E-state index in [1.165, 1.54) is 24.6 Å². The highest BCUT2D eigenvalue weighted by atomic mass is 16.5. The number of phenols is 1. The van der Waals surface area contributed by atoms with Crippen LogP contribution in [0.5, 0.6) is 11.5 Å². The van der Waals surface area contributed by atoms with Crippen molar-refractivity contribution in [2.24, 2.45) is 0 Å². The van der Waals surface area contributed by atoms with Gasteiger partial charge in [0.05, 0.1) is 6.10 Å². The van der Waals surface area contributed by atoms with E-state index in [4.69, 9.17) is 4.74 Å². The van der Waals surface area contributed by atoms with Gasteiger partial charge in [-0.25, -0.2) is 0 Å². The minimum Gasteiger partial charge on any atom is -0.504 e. The zero-order valence-electron chi connectivity index (χ0n) is 15.9. The zero-order valence-corrected chi connectivity index (χ0v) is 15.9. The van der Waals surface area contributed by atoms with Crippen molar-refractivity contribution in [2.45, 2.75) is 38.2 Å². The Balaban J connectivity index is 1.73. The summed E-state index contributed by atoms with van der Waals surface area (Å²) in [6.07, 6.45) is 6.02. The SMILES string of the molecule is Oc1c(OC2CCCCC2)cc2ccccc2c1-c1cccc2ccccc12. The molecule has 4 aromatic rings. The van der Waals surface area contributed by atoms with Crippen LogP contribution in [0.3, 0.4) is 0 Å². The molecular formula is C26H24O2. The number of hydrogen-bond donors (Lipinski definition) is 1. The number of ether oxygens (including phenoxy) is 1. The Morgan fingerprint density at radius 3 is 2.21 bits per heavy atom. The molecule has 0 radical (unpaired) electrons. The van der Waals surface area contributed by atoms with E-state index >= 15 is 0 Å². The Kier molecular flexibility index (Phi) is 4.40. The lowest BCUT2D eigenvalue weighted by atomic mass is 9.92. The largest absolute Gasteiger partial charge is 0.504 e. The summed E-state index contributed by atoms with van der Waals surface area (Å²) in [7, 11) is 0. The van der Waals surface area contributed by atoms with Crippen LogP contribution in [0.25, 0.3) is 32.7 Å². The molecule has 2 heteroatoms. The molecule has 0 bridgehead atoms. The molecule has 4 aromatic carbocycles. The van der Waals surface area contributed by atoms with Crippen LogP contribution in [0.15, 0.2) is 72.8 Å². The number of rotatable bonds is 3. The van der Waals surface area contributed by atoms with Crippen molar-refractivity contribution in [3.63, 3.8) is 0 Å². The van der Waals surface area contributed by atoms with Gasteiger partial charge in [-0.15, -0.1) is 0 Å². The van der Waals surface area contributed by atoms with E-state index in [1.807, 2.05) is 30.3 Å². The summed E-state index contributed by atoms with van der Waals surface area (Å²) in [4.78, 5) is 0. The standard InChI is InChI=1S/C26H24O2/c27-26-24(28-20-12-2-1-3-13-20)17-19-10-5-7-15-22(19)25(26)23-16-8-11-18-9-4-6-14-21(18)23/h4-11,14-17,20,27H,1-3,12-13H2. The van der Waals surface area contributed by atoms with E-state index in [-0.39, 0.29) is 11.9 Å². The van der Waals surface area contributed by atoms with Gasteiger partial charge in [0.1, 0.15) is 0 Å². The van der Waals surface area contributed by atoms with Gasteiger partial charge in [0.15, 0.2) is 11.5 Å². The van der Waals surface area contributed by atoms with Crippen molar-refractivity contribution in [1.29, 1.82) is 0 Å². The molecule has 0 aliphatic heterocycles. The van der Waals surface area contributed by atoms with Crippen LogP contribution in [0.1, 0.15) is 32.1 Å². The number of phenolic OH excluding ortho intramolecular Hbond substituents is 1. The summed E-state index contributed by atoms with van der Waals surface area (Å²) in [6, 6.07) is 24.8.